The van der Waals surface area contributed by atoms with Crippen LogP contribution in [0.25, 0.3) is 0 Å². The molecule has 30 heavy (non-hydrogen) atoms. The summed E-state index contributed by atoms with van der Waals surface area (Å²) in [6.45, 7) is 2.43. The maximum atomic E-state index is 12.7. The number of carbonyl (C=O) groups is 3. The molecule has 0 radical (unpaired) electrons. The highest BCUT2D eigenvalue weighted by atomic mass is 16.4. The Labute approximate surface area is 177 Å². The van der Waals surface area contributed by atoms with Gasteiger partial charge < -0.3 is 15.1 Å². The Morgan fingerprint density at radius 3 is 2.30 bits per heavy atom. The van der Waals surface area contributed by atoms with Crippen molar-refractivity contribution in [3.05, 3.63) is 42.2 Å². The molecule has 0 spiro atoms. The smallest absolute Gasteiger partial charge is 0.328 e. The van der Waals surface area contributed by atoms with Gasteiger partial charge in [-0.2, -0.15) is 0 Å². The highest BCUT2D eigenvalue weighted by Crippen LogP contribution is 2.29. The van der Waals surface area contributed by atoms with Gasteiger partial charge in [0, 0.05) is 43.7 Å². The molecule has 3 rings (SSSR count). The van der Waals surface area contributed by atoms with Crippen molar-refractivity contribution < 1.29 is 24.6 Å². The van der Waals surface area contributed by atoms with Gasteiger partial charge in [-0.1, -0.05) is 18.9 Å². The summed E-state index contributed by atoms with van der Waals surface area (Å²) in [7, 11) is 2.00. The minimum absolute atomic E-state index is 0.226. The van der Waals surface area contributed by atoms with E-state index in [1.165, 1.54) is 45.2 Å². The Morgan fingerprint density at radius 1 is 1.10 bits per heavy atom. The van der Waals surface area contributed by atoms with Gasteiger partial charge in [-0.3, -0.25) is 14.7 Å². The minimum atomic E-state index is -1.26. The molecule has 8 nitrogen and oxygen atoms in total. The SMILES string of the molecule is CN(C(=O)Cc1cccnc1)[C@@H]1CCCC[C@@H]1N1CCCC1.O=C(O)/C=C/C(=O)O. The molecule has 0 bridgehead atoms. The molecular weight excluding hydrogens is 386 g/mol. The van der Waals surface area contributed by atoms with Crippen LogP contribution in [0.2, 0.25) is 0 Å². The molecule has 2 heterocycles. The maximum absolute atomic E-state index is 12.7. The quantitative estimate of drug-likeness (QED) is 0.683. The first kappa shape index (κ1) is 23.5. The standard InChI is InChI=1S/C18H27N3O.C4H4O4/c1-20(18(22)13-15-7-6-10-19-14-15)16-8-2-3-9-17(16)21-11-4-5-12-21;5-3(6)1-2-4(7)8/h6-7,10,14,16-17H,2-5,8-9,11-13H2,1H3;1-2H,(H,5,6)(H,7,8)/b;2-1+/t16-,17+;/m1./s1. The number of likely N-dealkylation sites (N-methyl/N-ethyl adjacent to an activating group) is 1. The minimum Gasteiger partial charge on any atom is -0.478 e. The molecule has 1 aromatic heterocycles. The van der Waals surface area contributed by atoms with Crippen LogP contribution in [0.4, 0.5) is 0 Å². The number of carbonyl (C=O) groups excluding carboxylic acids is 1. The second-order valence-corrected chi connectivity index (χ2v) is 7.71. The van der Waals surface area contributed by atoms with Crippen LogP contribution in [0.15, 0.2) is 36.7 Å². The van der Waals surface area contributed by atoms with Crippen LogP contribution in [0.3, 0.4) is 0 Å². The number of aliphatic carboxylic acids is 2. The third-order valence-corrected chi connectivity index (χ3v) is 5.64. The summed E-state index contributed by atoms with van der Waals surface area (Å²) in [6, 6.07) is 4.84. The first-order valence-electron chi connectivity index (χ1n) is 10.4. The highest BCUT2D eigenvalue weighted by Gasteiger charge is 2.35. The number of carboxylic acid groups (broad SMARTS) is 2. The maximum Gasteiger partial charge on any atom is 0.328 e. The molecule has 1 amide bonds. The Bertz CT molecular complexity index is 716. The summed E-state index contributed by atoms with van der Waals surface area (Å²) in [4.78, 5) is 40.5. The monoisotopic (exact) mass is 417 g/mol. The van der Waals surface area contributed by atoms with Gasteiger partial charge in [-0.05, 0) is 50.4 Å². The van der Waals surface area contributed by atoms with Gasteiger partial charge in [0.1, 0.15) is 0 Å². The van der Waals surface area contributed by atoms with Gasteiger partial charge in [0.2, 0.25) is 5.91 Å². The van der Waals surface area contributed by atoms with Crippen LogP contribution < -0.4 is 0 Å². The van der Waals surface area contributed by atoms with Crippen molar-refractivity contribution in [1.29, 1.82) is 0 Å². The van der Waals surface area contributed by atoms with Crippen molar-refractivity contribution in [2.45, 2.75) is 57.0 Å². The second kappa shape index (κ2) is 12.1. The third-order valence-electron chi connectivity index (χ3n) is 5.64. The molecule has 8 heteroatoms. The molecule has 2 aliphatic rings. The van der Waals surface area contributed by atoms with E-state index >= 15 is 0 Å². The van der Waals surface area contributed by atoms with Crippen LogP contribution in [-0.4, -0.2) is 75.1 Å². The molecule has 2 atom stereocenters. The fourth-order valence-electron chi connectivity index (χ4n) is 4.17. The third kappa shape index (κ3) is 7.59. The molecule has 1 saturated heterocycles. The number of rotatable bonds is 6. The predicted octanol–water partition coefficient (Wildman–Crippen LogP) is 2.20. The van der Waals surface area contributed by atoms with Crippen molar-refractivity contribution in [1.82, 2.24) is 14.8 Å². The number of hydrogen-bond acceptors (Lipinski definition) is 5. The van der Waals surface area contributed by atoms with Crippen molar-refractivity contribution in [3.8, 4) is 0 Å². The Kier molecular flexibility index (Phi) is 9.47. The van der Waals surface area contributed by atoms with E-state index in [4.69, 9.17) is 10.2 Å². The highest BCUT2D eigenvalue weighted by molar-refractivity contribution is 5.89. The molecule has 0 aromatic carbocycles. The fourth-order valence-corrected chi connectivity index (χ4v) is 4.17. The lowest BCUT2D eigenvalue weighted by atomic mass is 9.88. The topological polar surface area (TPSA) is 111 Å². The van der Waals surface area contributed by atoms with E-state index in [0.717, 1.165) is 12.0 Å². The summed E-state index contributed by atoms with van der Waals surface area (Å²) in [5.74, 6) is -2.29. The van der Waals surface area contributed by atoms with E-state index < -0.39 is 11.9 Å². The van der Waals surface area contributed by atoms with E-state index in [9.17, 15) is 14.4 Å². The van der Waals surface area contributed by atoms with Gasteiger partial charge >= 0.3 is 11.9 Å². The lowest BCUT2D eigenvalue weighted by molar-refractivity contribution is -0.134. The van der Waals surface area contributed by atoms with Gasteiger partial charge in [0.05, 0.1) is 6.42 Å². The normalized spacial score (nSPS) is 21.6. The van der Waals surface area contributed by atoms with Crippen LogP contribution in [-0.2, 0) is 20.8 Å². The summed E-state index contributed by atoms with van der Waals surface area (Å²) in [5.41, 5.74) is 1.01. The number of hydrogen-bond donors (Lipinski definition) is 2. The van der Waals surface area contributed by atoms with Crippen LogP contribution in [0.5, 0.6) is 0 Å². The van der Waals surface area contributed by atoms with Gasteiger partial charge in [0.25, 0.3) is 0 Å². The zero-order chi connectivity index (χ0) is 21.9. The van der Waals surface area contributed by atoms with E-state index in [2.05, 4.69) is 9.88 Å². The zero-order valence-corrected chi connectivity index (χ0v) is 17.4. The molecule has 0 unspecified atom stereocenters. The molecule has 164 valence electrons. The average Bonchev–Trinajstić information content (AvgIpc) is 3.28. The second-order valence-electron chi connectivity index (χ2n) is 7.71. The Hall–Kier alpha value is -2.74. The number of amides is 1. The summed E-state index contributed by atoms with van der Waals surface area (Å²) >= 11 is 0. The molecule has 1 aromatic rings. The Balaban J connectivity index is 0.000000343. The van der Waals surface area contributed by atoms with Crippen LogP contribution in [0.1, 0.15) is 44.1 Å². The molecular formula is C22H31N3O5. The number of aromatic nitrogens is 1. The fraction of sp³-hybridized carbons (Fsp3) is 0.545. The molecule has 1 aliphatic carbocycles. The molecule has 2 N–H and O–H groups in total. The largest absolute Gasteiger partial charge is 0.478 e. The lowest BCUT2D eigenvalue weighted by Gasteiger charge is -2.42. The summed E-state index contributed by atoms with van der Waals surface area (Å²) in [6.07, 6.45) is 12.7. The predicted molar refractivity (Wildman–Crippen MR) is 112 cm³/mol. The lowest BCUT2D eigenvalue weighted by Crippen LogP contribution is -2.53. The summed E-state index contributed by atoms with van der Waals surface area (Å²) in [5, 5.41) is 15.6. The van der Waals surface area contributed by atoms with Gasteiger partial charge in [-0.15, -0.1) is 0 Å². The van der Waals surface area contributed by atoms with Crippen LogP contribution >= 0.6 is 0 Å². The first-order chi connectivity index (χ1) is 14.4. The number of nitrogens with zero attached hydrogens (tertiary/aromatic N) is 3. The molecule has 1 saturated carbocycles. The van der Waals surface area contributed by atoms with Gasteiger partial charge in [0.15, 0.2) is 0 Å². The van der Waals surface area contributed by atoms with Gasteiger partial charge in [-0.25, -0.2) is 9.59 Å². The Morgan fingerprint density at radius 2 is 1.73 bits per heavy atom. The van der Waals surface area contributed by atoms with Crippen molar-refractivity contribution in [2.75, 3.05) is 20.1 Å². The zero-order valence-electron chi connectivity index (χ0n) is 17.4. The van der Waals surface area contributed by atoms with E-state index in [0.29, 0.717) is 30.7 Å². The molecule has 1 aliphatic heterocycles. The molecule has 2 fully saturated rings. The van der Waals surface area contributed by atoms with Crippen molar-refractivity contribution >= 4 is 17.8 Å². The van der Waals surface area contributed by atoms with Crippen LogP contribution in [0, 0.1) is 0 Å². The van der Waals surface area contributed by atoms with E-state index in [-0.39, 0.29) is 5.91 Å². The summed E-state index contributed by atoms with van der Waals surface area (Å²) < 4.78 is 0. The number of likely N-dealkylation sites (tertiary alicyclic amines) is 1. The number of carboxylic acids is 2. The number of pyridine rings is 1. The van der Waals surface area contributed by atoms with E-state index in [1.807, 2.05) is 24.1 Å². The van der Waals surface area contributed by atoms with E-state index in [1.54, 1.807) is 12.4 Å². The van der Waals surface area contributed by atoms with Crippen molar-refractivity contribution in [3.63, 3.8) is 0 Å². The average molecular weight is 418 g/mol. The van der Waals surface area contributed by atoms with Crippen molar-refractivity contribution in [2.24, 2.45) is 0 Å². The first-order valence-corrected chi connectivity index (χ1v) is 10.4.